The first-order valence-electron chi connectivity index (χ1n) is 4.58. The Balaban J connectivity index is 2.80. The number of nitrogens with one attached hydrogen (secondary N) is 2. The van der Waals surface area contributed by atoms with Crippen LogP contribution in [0.25, 0.3) is 0 Å². The van der Waals surface area contributed by atoms with Gasteiger partial charge in [-0.25, -0.2) is 10.6 Å². The molecule has 1 fully saturated rings. The zero-order valence-electron chi connectivity index (χ0n) is 8.66. The standard InChI is InChI=1S/C8H14N4O3/c1-3-8(2)6(14)12(7(15)10-8)4-5(13)11-9/h3-4,9H2,1-2H3,(H,10,15)(H,11,13). The summed E-state index contributed by atoms with van der Waals surface area (Å²) in [7, 11) is 0. The van der Waals surface area contributed by atoms with E-state index in [0.29, 0.717) is 6.42 Å². The molecular formula is C8H14N4O3. The average molecular weight is 214 g/mol. The summed E-state index contributed by atoms with van der Waals surface area (Å²) < 4.78 is 0. The molecule has 4 N–H and O–H groups in total. The quantitative estimate of drug-likeness (QED) is 0.235. The van der Waals surface area contributed by atoms with Crippen molar-refractivity contribution >= 4 is 17.8 Å². The molecule has 1 aliphatic heterocycles. The Bertz CT molecular complexity index is 317. The van der Waals surface area contributed by atoms with E-state index in [0.717, 1.165) is 4.90 Å². The smallest absolute Gasteiger partial charge is 0.323 e. The number of urea groups is 1. The molecule has 0 aromatic rings. The second-order valence-corrected chi connectivity index (χ2v) is 3.57. The molecule has 1 atom stereocenters. The highest BCUT2D eigenvalue weighted by atomic mass is 16.2. The Morgan fingerprint density at radius 2 is 2.20 bits per heavy atom. The number of hydrogen-bond acceptors (Lipinski definition) is 4. The van der Waals surface area contributed by atoms with Crippen molar-refractivity contribution in [3.8, 4) is 0 Å². The molecule has 7 nitrogen and oxygen atoms in total. The Hall–Kier alpha value is -1.63. The van der Waals surface area contributed by atoms with Crippen LogP contribution in [-0.2, 0) is 9.59 Å². The number of hydrogen-bond donors (Lipinski definition) is 3. The van der Waals surface area contributed by atoms with Gasteiger partial charge in [0.25, 0.3) is 11.8 Å². The van der Waals surface area contributed by atoms with Crippen molar-refractivity contribution in [1.29, 1.82) is 0 Å². The van der Waals surface area contributed by atoms with Crippen LogP contribution in [0, 0.1) is 0 Å². The minimum Gasteiger partial charge on any atom is -0.323 e. The predicted octanol–water partition coefficient (Wildman–Crippen LogP) is -1.30. The maximum Gasteiger partial charge on any atom is 0.325 e. The summed E-state index contributed by atoms with van der Waals surface area (Å²) in [6.45, 7) is 3.05. The minimum atomic E-state index is -0.911. The number of nitrogens with zero attached hydrogens (tertiary/aromatic N) is 1. The number of carbonyl (C=O) groups excluding carboxylic acids is 3. The van der Waals surface area contributed by atoms with Crippen LogP contribution in [0.2, 0.25) is 0 Å². The molecule has 1 aliphatic rings. The lowest BCUT2D eigenvalue weighted by Crippen LogP contribution is -2.45. The molecule has 15 heavy (non-hydrogen) atoms. The van der Waals surface area contributed by atoms with Crippen molar-refractivity contribution < 1.29 is 14.4 Å². The zero-order valence-corrected chi connectivity index (χ0v) is 8.66. The summed E-state index contributed by atoms with van der Waals surface area (Å²) in [5.41, 5.74) is 0.955. The van der Waals surface area contributed by atoms with Crippen LogP contribution in [0.1, 0.15) is 20.3 Å². The molecular weight excluding hydrogens is 200 g/mol. The minimum absolute atomic E-state index is 0.350. The third-order valence-corrected chi connectivity index (χ3v) is 2.51. The average Bonchev–Trinajstić information content (AvgIpc) is 2.42. The molecule has 7 heteroatoms. The number of imide groups is 1. The van der Waals surface area contributed by atoms with Gasteiger partial charge in [0.05, 0.1) is 0 Å². The largest absolute Gasteiger partial charge is 0.325 e. The van der Waals surface area contributed by atoms with Crippen LogP contribution in [0.15, 0.2) is 0 Å². The number of hydrazine groups is 1. The first-order valence-corrected chi connectivity index (χ1v) is 4.58. The summed E-state index contributed by atoms with van der Waals surface area (Å²) >= 11 is 0. The van der Waals surface area contributed by atoms with Gasteiger partial charge in [0.15, 0.2) is 0 Å². The fraction of sp³-hybridized carbons (Fsp3) is 0.625. The molecule has 0 radical (unpaired) electrons. The molecule has 1 heterocycles. The molecule has 1 saturated heterocycles. The molecule has 0 spiro atoms. The maximum absolute atomic E-state index is 11.7. The van der Waals surface area contributed by atoms with E-state index in [2.05, 4.69) is 5.32 Å². The van der Waals surface area contributed by atoms with Crippen molar-refractivity contribution in [3.05, 3.63) is 0 Å². The molecule has 0 saturated carbocycles. The SMILES string of the molecule is CCC1(C)NC(=O)N(CC(=O)NN)C1=O. The number of amides is 4. The van der Waals surface area contributed by atoms with Crippen LogP contribution in [-0.4, -0.2) is 34.8 Å². The Morgan fingerprint density at radius 3 is 2.60 bits per heavy atom. The number of nitrogens with two attached hydrogens (primary N) is 1. The van der Waals surface area contributed by atoms with Crippen LogP contribution in [0.4, 0.5) is 4.79 Å². The normalized spacial score (nSPS) is 25.4. The Kier molecular flexibility index (Phi) is 2.94. The Morgan fingerprint density at radius 1 is 1.60 bits per heavy atom. The van der Waals surface area contributed by atoms with Gasteiger partial charge in [0, 0.05) is 0 Å². The predicted molar refractivity (Wildman–Crippen MR) is 51.3 cm³/mol. The van der Waals surface area contributed by atoms with Gasteiger partial charge in [-0.2, -0.15) is 0 Å². The van der Waals surface area contributed by atoms with Gasteiger partial charge in [-0.15, -0.1) is 0 Å². The van der Waals surface area contributed by atoms with Gasteiger partial charge in [0.2, 0.25) is 0 Å². The summed E-state index contributed by atoms with van der Waals surface area (Å²) in [4.78, 5) is 34.9. The van der Waals surface area contributed by atoms with Gasteiger partial charge in [-0.3, -0.25) is 19.9 Å². The molecule has 0 bridgehead atoms. The van der Waals surface area contributed by atoms with E-state index in [1.165, 1.54) is 0 Å². The highest BCUT2D eigenvalue weighted by molar-refractivity contribution is 6.08. The van der Waals surface area contributed by atoms with Crippen LogP contribution < -0.4 is 16.6 Å². The van der Waals surface area contributed by atoms with Crippen LogP contribution in [0.5, 0.6) is 0 Å². The molecule has 0 aromatic carbocycles. The molecule has 84 valence electrons. The monoisotopic (exact) mass is 214 g/mol. The number of carbonyl (C=O) groups is 3. The van der Waals surface area contributed by atoms with Crippen molar-refractivity contribution in [2.75, 3.05) is 6.54 Å². The lowest BCUT2D eigenvalue weighted by molar-refractivity contribution is -0.134. The number of rotatable bonds is 3. The van der Waals surface area contributed by atoms with Crippen molar-refractivity contribution in [1.82, 2.24) is 15.6 Å². The second kappa shape index (κ2) is 3.85. The highest BCUT2D eigenvalue weighted by Crippen LogP contribution is 2.20. The summed E-state index contributed by atoms with van der Waals surface area (Å²) in [6.07, 6.45) is 0.471. The van der Waals surface area contributed by atoms with Gasteiger partial charge < -0.3 is 5.32 Å². The molecule has 0 aliphatic carbocycles. The van der Waals surface area contributed by atoms with E-state index in [9.17, 15) is 14.4 Å². The molecule has 1 unspecified atom stereocenters. The van der Waals surface area contributed by atoms with Gasteiger partial charge in [-0.05, 0) is 13.3 Å². The van der Waals surface area contributed by atoms with E-state index in [-0.39, 0.29) is 6.54 Å². The molecule has 4 amide bonds. The van der Waals surface area contributed by atoms with Crippen molar-refractivity contribution in [3.63, 3.8) is 0 Å². The zero-order chi connectivity index (χ0) is 11.6. The van der Waals surface area contributed by atoms with E-state index in [1.807, 2.05) is 5.43 Å². The van der Waals surface area contributed by atoms with Crippen LogP contribution in [0.3, 0.4) is 0 Å². The van der Waals surface area contributed by atoms with Gasteiger partial charge in [-0.1, -0.05) is 6.92 Å². The first-order chi connectivity index (χ1) is 6.94. The van der Waals surface area contributed by atoms with Gasteiger partial charge in [0.1, 0.15) is 12.1 Å². The fourth-order valence-electron chi connectivity index (χ4n) is 1.32. The summed E-state index contributed by atoms with van der Waals surface area (Å²) in [6, 6.07) is -0.562. The van der Waals surface area contributed by atoms with E-state index in [4.69, 9.17) is 5.84 Å². The van der Waals surface area contributed by atoms with E-state index >= 15 is 0 Å². The van der Waals surface area contributed by atoms with E-state index in [1.54, 1.807) is 13.8 Å². The van der Waals surface area contributed by atoms with E-state index < -0.39 is 23.4 Å². The third kappa shape index (κ3) is 1.91. The fourth-order valence-corrected chi connectivity index (χ4v) is 1.32. The Labute approximate surface area is 86.9 Å². The van der Waals surface area contributed by atoms with Crippen LogP contribution >= 0.6 is 0 Å². The summed E-state index contributed by atoms with van der Waals surface area (Å²) in [5.74, 6) is 3.88. The van der Waals surface area contributed by atoms with Crippen molar-refractivity contribution in [2.45, 2.75) is 25.8 Å². The molecule has 0 aromatic heterocycles. The maximum atomic E-state index is 11.7. The lowest BCUT2D eigenvalue weighted by atomic mass is 9.99. The summed E-state index contributed by atoms with van der Waals surface area (Å²) in [5, 5.41) is 2.53. The second-order valence-electron chi connectivity index (χ2n) is 3.57. The lowest BCUT2D eigenvalue weighted by Gasteiger charge is -2.18. The first kappa shape index (κ1) is 11.4. The topological polar surface area (TPSA) is 105 Å². The highest BCUT2D eigenvalue weighted by Gasteiger charge is 2.46. The van der Waals surface area contributed by atoms with Crippen molar-refractivity contribution in [2.24, 2.45) is 5.84 Å². The van der Waals surface area contributed by atoms with Gasteiger partial charge >= 0.3 is 6.03 Å². The third-order valence-electron chi connectivity index (χ3n) is 2.51. The molecule has 1 rings (SSSR count).